The molecule has 8 rings (SSSR count). The van der Waals surface area contributed by atoms with Gasteiger partial charge in [0.15, 0.2) is 50.3 Å². The maximum Gasteiger partial charge on any atom is 0.217 e. The van der Waals surface area contributed by atoms with Gasteiger partial charge in [0.25, 0.3) is 0 Å². The van der Waals surface area contributed by atoms with Crippen molar-refractivity contribution in [2.75, 3.05) is 46.2 Å². The third-order valence-corrected chi connectivity index (χ3v) is 17.8. The van der Waals surface area contributed by atoms with E-state index in [1.54, 1.807) is 0 Å². The molecule has 0 aromatic heterocycles. The summed E-state index contributed by atoms with van der Waals surface area (Å²) >= 11 is 0. The largest absolute Gasteiger partial charge is 0.394 e. The number of carbonyl (C=O) groups is 3. The van der Waals surface area contributed by atoms with Crippen molar-refractivity contribution < 1.29 is 198 Å². The molecule has 97 heavy (non-hydrogen) atoms. The second-order valence-electron chi connectivity index (χ2n) is 24.6. The maximum atomic E-state index is 12.9. The lowest BCUT2D eigenvalue weighted by Gasteiger charge is -2.51. The van der Waals surface area contributed by atoms with E-state index >= 15 is 0 Å². The molecule has 8 fully saturated rings. The zero-order chi connectivity index (χ0) is 71.5. The second-order valence-corrected chi connectivity index (χ2v) is 24.6. The molecule has 562 valence electrons. The Morgan fingerprint density at radius 3 is 1.05 bits per heavy atom. The van der Waals surface area contributed by atoms with E-state index < -0.39 is 309 Å². The number of nitrogens with one attached hydrogen (secondary N) is 3. The van der Waals surface area contributed by atoms with Crippen LogP contribution in [0.5, 0.6) is 0 Å². The van der Waals surface area contributed by atoms with Crippen molar-refractivity contribution in [2.24, 2.45) is 0 Å². The SMILES string of the molecule is CC(=O)N[C@H]1[C@H](O[C@H]2[C@H](O)[C@@H](NC(C)=O)C(O)O[C@@H]2CO[C@@H]2O[C@@H](C)[C@@H](O)[C@@H](O)[C@@H]2O)O[C@H](CO)[C@@H](O[C@@H]2O[C@H](CO[C@H]3O[C@H](CO)[C@@H](O)[C@H](O)[C@@H]3O)[C@@H](O)[C@H](O[C@H]3O[C@H](CO)[C@@H](O[C@@H]4O[C@H](CO)[C@@H](O[C@@H]5O[C@H](CO)[C@H](O)[C@H](O)[C@H]5O)[C@H](O)[C@H]4NC(C)=O)[C@H](O)[C@@H]3O)[C@@H]2O)[C@@H]1O. The molecule has 43 heteroatoms. The lowest BCUT2D eigenvalue weighted by atomic mass is 9.93. The van der Waals surface area contributed by atoms with E-state index in [0.717, 1.165) is 20.8 Å². The molecule has 0 aliphatic carbocycles. The van der Waals surface area contributed by atoms with Crippen LogP contribution >= 0.6 is 0 Å². The zero-order valence-electron chi connectivity index (χ0n) is 52.2. The van der Waals surface area contributed by atoms with Crippen LogP contribution in [-0.2, 0) is 85.4 Å². The molecule has 1 unspecified atom stereocenters. The van der Waals surface area contributed by atoms with Crippen molar-refractivity contribution in [1.82, 2.24) is 16.0 Å². The van der Waals surface area contributed by atoms with Gasteiger partial charge >= 0.3 is 0 Å². The normalized spacial score (nSPS) is 49.9. The van der Waals surface area contributed by atoms with Gasteiger partial charge in [-0.15, -0.1) is 0 Å². The van der Waals surface area contributed by atoms with Crippen LogP contribution in [0.1, 0.15) is 27.7 Å². The number of hydrogen-bond donors (Lipinski definition) is 25. The molecule has 0 bridgehead atoms. The predicted molar refractivity (Wildman–Crippen MR) is 298 cm³/mol. The Morgan fingerprint density at radius 1 is 0.289 bits per heavy atom. The maximum absolute atomic E-state index is 12.9. The Bertz CT molecular complexity index is 2490. The molecule has 40 atom stereocenters. The monoisotopic (exact) mass is 1420 g/mol. The summed E-state index contributed by atoms with van der Waals surface area (Å²) in [6.45, 7) is -2.61. The second kappa shape index (κ2) is 34.5. The Hall–Kier alpha value is -3.07. The average molecular weight is 1420 g/mol. The fraction of sp³-hybridized carbons (Fsp3) is 0.944. The third kappa shape index (κ3) is 17.6. The minimum Gasteiger partial charge on any atom is -0.394 e. The van der Waals surface area contributed by atoms with Crippen molar-refractivity contribution in [3.8, 4) is 0 Å². The molecule has 0 radical (unpaired) electrons. The fourth-order valence-electron chi connectivity index (χ4n) is 12.4. The van der Waals surface area contributed by atoms with Gasteiger partial charge in [-0.05, 0) is 6.92 Å². The van der Waals surface area contributed by atoms with E-state index in [2.05, 4.69) is 16.0 Å². The lowest BCUT2D eigenvalue weighted by Crippen LogP contribution is -2.70. The van der Waals surface area contributed by atoms with E-state index in [-0.39, 0.29) is 0 Å². The molecule has 25 N–H and O–H groups in total. The van der Waals surface area contributed by atoms with Crippen molar-refractivity contribution in [2.45, 2.75) is 273 Å². The number of amides is 3. The lowest BCUT2D eigenvalue weighted by molar-refractivity contribution is -0.391. The van der Waals surface area contributed by atoms with Gasteiger partial charge in [0.1, 0.15) is 189 Å². The van der Waals surface area contributed by atoms with Gasteiger partial charge in [0, 0.05) is 20.8 Å². The van der Waals surface area contributed by atoms with Gasteiger partial charge in [0.05, 0.1) is 52.4 Å². The molecular weight excluding hydrogens is 1330 g/mol. The first-order valence-electron chi connectivity index (χ1n) is 31.0. The van der Waals surface area contributed by atoms with Gasteiger partial charge < -0.3 is 199 Å². The van der Waals surface area contributed by atoms with Gasteiger partial charge in [-0.25, -0.2) is 0 Å². The fourth-order valence-corrected chi connectivity index (χ4v) is 12.4. The first-order valence-corrected chi connectivity index (χ1v) is 31.0. The zero-order valence-corrected chi connectivity index (χ0v) is 52.2. The summed E-state index contributed by atoms with van der Waals surface area (Å²) in [7, 11) is 0. The molecule has 8 aliphatic rings. The molecule has 0 aromatic rings. The van der Waals surface area contributed by atoms with Gasteiger partial charge in [-0.1, -0.05) is 0 Å². The topological polar surface area (TPSA) is 671 Å². The number of ether oxygens (including phenoxy) is 15. The van der Waals surface area contributed by atoms with Gasteiger partial charge in [-0.2, -0.15) is 0 Å². The average Bonchev–Trinajstić information content (AvgIpc) is 0.774. The molecule has 0 saturated carbocycles. The van der Waals surface area contributed by atoms with Crippen LogP contribution in [0.4, 0.5) is 0 Å². The number of carbonyl (C=O) groups excluding carboxylic acids is 3. The highest BCUT2D eigenvalue weighted by molar-refractivity contribution is 5.74. The van der Waals surface area contributed by atoms with E-state index in [1.807, 2.05) is 0 Å². The molecule has 43 nitrogen and oxygen atoms in total. The molecule has 8 heterocycles. The summed E-state index contributed by atoms with van der Waals surface area (Å²) in [6.07, 6.45) is -71.8. The Labute approximate surface area is 549 Å². The third-order valence-electron chi connectivity index (χ3n) is 17.8. The smallest absolute Gasteiger partial charge is 0.217 e. The number of hydrogen-bond acceptors (Lipinski definition) is 40. The summed E-state index contributed by atoms with van der Waals surface area (Å²) < 4.78 is 87.0. The van der Waals surface area contributed by atoms with Crippen molar-refractivity contribution in [3.05, 3.63) is 0 Å². The van der Waals surface area contributed by atoms with Crippen molar-refractivity contribution in [1.29, 1.82) is 0 Å². The Balaban J connectivity index is 1.04. The molecule has 3 amide bonds. The number of rotatable bonds is 24. The van der Waals surface area contributed by atoms with Gasteiger partial charge in [-0.3, -0.25) is 14.4 Å². The molecule has 0 aromatic carbocycles. The molecule has 0 spiro atoms. The predicted octanol–water partition coefficient (Wildman–Crippen LogP) is -17.0. The van der Waals surface area contributed by atoms with Crippen LogP contribution in [0, 0.1) is 0 Å². The first-order chi connectivity index (χ1) is 45.8. The summed E-state index contributed by atoms with van der Waals surface area (Å²) in [6, 6.07) is -5.35. The standard InChI is InChI=1S/C54H91N3O40/c1-12-26(66)33(73)37(77)50(85-12)84-11-22-45(30(70)23(47(82)86-22)55-13(2)63)94-49-25(57-15(4)65)32(72)43(19(8-61)90-49)96-54-41(81)46(29(69)21(92-54)10-83-51-38(78)34(74)27(67)16(5-58)87-51)97-53-40(80)36(76)44(20(9-62)91-53)93-48-24(56-14(3)64)31(71)42(18(7-60)89-48)95-52-39(79)35(75)28(68)17(6-59)88-52/h12,16-54,58-62,66-82H,5-11H2,1-4H3,(H,55,63)(H,56,64)(H,57,65)/t12-,16+,17+,18+,19+,20+,21+,22+,23+,24+,25+,26+,27+,28-,29+,30+,31+,32+,33+,34-,35-,36+,37-,38-,39+,40-,41-,42+,43+,44+,45+,46-,47?,48-,49-,50+,51-,52-,53+,54-/m0/s1. The van der Waals surface area contributed by atoms with Crippen LogP contribution in [0.3, 0.4) is 0 Å². The molecular formula is C54H91N3O40. The highest BCUT2D eigenvalue weighted by Crippen LogP contribution is 2.38. The highest BCUT2D eigenvalue weighted by atomic mass is 16.8. The van der Waals surface area contributed by atoms with Crippen molar-refractivity contribution >= 4 is 17.7 Å². The molecule has 8 aliphatic heterocycles. The van der Waals surface area contributed by atoms with Gasteiger partial charge in [0.2, 0.25) is 17.7 Å². The highest BCUT2D eigenvalue weighted by Gasteiger charge is 2.59. The van der Waals surface area contributed by atoms with E-state index in [1.165, 1.54) is 6.92 Å². The Kier molecular flexibility index (Phi) is 28.3. The minimum absolute atomic E-state index is 0.785. The minimum atomic E-state index is -2.41. The van der Waals surface area contributed by atoms with E-state index in [0.29, 0.717) is 0 Å². The summed E-state index contributed by atoms with van der Waals surface area (Å²) in [4.78, 5) is 37.8. The number of aliphatic hydroxyl groups excluding tert-OH is 22. The van der Waals surface area contributed by atoms with Crippen LogP contribution in [0.25, 0.3) is 0 Å². The first kappa shape index (κ1) is 79.6. The molecule has 8 saturated heterocycles. The quantitative estimate of drug-likeness (QED) is 0.0427. The summed E-state index contributed by atoms with van der Waals surface area (Å²) in [5, 5.41) is 247. The van der Waals surface area contributed by atoms with E-state index in [4.69, 9.17) is 71.1 Å². The Morgan fingerprint density at radius 2 is 0.598 bits per heavy atom. The van der Waals surface area contributed by atoms with Crippen LogP contribution in [0.2, 0.25) is 0 Å². The van der Waals surface area contributed by atoms with Crippen LogP contribution in [0.15, 0.2) is 0 Å². The van der Waals surface area contributed by atoms with Crippen LogP contribution < -0.4 is 16.0 Å². The summed E-state index contributed by atoms with van der Waals surface area (Å²) in [5.74, 6) is -2.57. The summed E-state index contributed by atoms with van der Waals surface area (Å²) in [5.41, 5.74) is 0. The van der Waals surface area contributed by atoms with Crippen molar-refractivity contribution in [3.63, 3.8) is 0 Å². The van der Waals surface area contributed by atoms with Crippen LogP contribution in [-0.4, -0.2) is 422 Å². The number of aliphatic hydroxyl groups is 22. The van der Waals surface area contributed by atoms with E-state index in [9.17, 15) is 127 Å².